The van der Waals surface area contributed by atoms with E-state index in [1.165, 1.54) is 0 Å². The van der Waals surface area contributed by atoms with Gasteiger partial charge in [-0.15, -0.1) is 0 Å². The molecule has 4 aromatic rings. The van der Waals surface area contributed by atoms with Crippen molar-refractivity contribution in [3.05, 3.63) is 95.7 Å². The molecule has 0 radical (unpaired) electrons. The Balaban J connectivity index is 1.64. The third-order valence-corrected chi connectivity index (χ3v) is 5.41. The molecular formula is C26H26N2O3. The minimum atomic E-state index is -0.151. The van der Waals surface area contributed by atoms with Crippen molar-refractivity contribution in [2.45, 2.75) is 12.8 Å². The Morgan fingerprint density at radius 3 is 2.52 bits per heavy atom. The molecule has 0 bridgehead atoms. The summed E-state index contributed by atoms with van der Waals surface area (Å²) in [6.45, 7) is 2.87. The third kappa shape index (κ3) is 4.40. The molecule has 1 aromatic heterocycles. The van der Waals surface area contributed by atoms with Gasteiger partial charge in [-0.25, -0.2) is 0 Å². The number of H-pyrrole nitrogens is 1. The van der Waals surface area contributed by atoms with Crippen molar-refractivity contribution in [2.75, 3.05) is 20.3 Å². The lowest BCUT2D eigenvalue weighted by Crippen LogP contribution is -2.29. The molecule has 0 unspecified atom stereocenters. The van der Waals surface area contributed by atoms with E-state index < -0.39 is 0 Å². The number of ether oxygens (including phenoxy) is 2. The Morgan fingerprint density at radius 2 is 1.74 bits per heavy atom. The van der Waals surface area contributed by atoms with Crippen molar-refractivity contribution in [1.82, 2.24) is 10.3 Å². The van der Waals surface area contributed by atoms with Crippen molar-refractivity contribution < 1.29 is 14.3 Å². The van der Waals surface area contributed by atoms with Crippen LogP contribution < -0.4 is 14.8 Å². The number of aromatic amines is 1. The highest BCUT2D eigenvalue weighted by atomic mass is 16.5. The van der Waals surface area contributed by atoms with Gasteiger partial charge in [-0.2, -0.15) is 0 Å². The fraction of sp³-hybridized carbons (Fsp3) is 0.192. The number of aromatic nitrogens is 1. The molecule has 2 N–H and O–H groups in total. The number of hydrogen-bond donors (Lipinski definition) is 2. The fourth-order valence-electron chi connectivity index (χ4n) is 3.85. The van der Waals surface area contributed by atoms with E-state index in [0.717, 1.165) is 27.8 Å². The molecule has 3 aromatic carbocycles. The molecule has 0 aliphatic rings. The number of amides is 1. The van der Waals surface area contributed by atoms with Gasteiger partial charge in [0.15, 0.2) is 0 Å². The van der Waals surface area contributed by atoms with Crippen LogP contribution >= 0.6 is 0 Å². The first kappa shape index (κ1) is 20.5. The number of nitrogens with one attached hydrogen (secondary N) is 2. The van der Waals surface area contributed by atoms with Crippen LogP contribution in [0, 0.1) is 0 Å². The van der Waals surface area contributed by atoms with Gasteiger partial charge in [0, 0.05) is 29.6 Å². The maximum atomic E-state index is 13.0. The summed E-state index contributed by atoms with van der Waals surface area (Å²) in [6.07, 6.45) is 2.03. The molecular weight excluding hydrogens is 388 g/mol. The maximum Gasteiger partial charge on any atom is 0.255 e. The smallest absolute Gasteiger partial charge is 0.255 e. The van der Waals surface area contributed by atoms with Crippen LogP contribution in [0.4, 0.5) is 0 Å². The number of para-hydroxylation sites is 2. The van der Waals surface area contributed by atoms with Gasteiger partial charge in [0.25, 0.3) is 5.91 Å². The molecule has 5 nitrogen and oxygen atoms in total. The predicted molar refractivity (Wildman–Crippen MR) is 123 cm³/mol. The van der Waals surface area contributed by atoms with E-state index in [1.807, 2.05) is 67.7 Å². The molecule has 1 atom stereocenters. The zero-order chi connectivity index (χ0) is 21.6. The monoisotopic (exact) mass is 414 g/mol. The third-order valence-electron chi connectivity index (χ3n) is 5.41. The van der Waals surface area contributed by atoms with Crippen LogP contribution in [0.5, 0.6) is 11.5 Å². The molecule has 0 saturated carbocycles. The summed E-state index contributed by atoms with van der Waals surface area (Å²) >= 11 is 0. The SMILES string of the molecule is CCOc1ccccc1C(=O)NC[C@H](c1ccc(OC)cc1)c1c[nH]c2ccccc12. The van der Waals surface area contributed by atoms with Gasteiger partial charge in [0.2, 0.25) is 0 Å². The number of hydrogen-bond acceptors (Lipinski definition) is 3. The average molecular weight is 415 g/mol. The van der Waals surface area contributed by atoms with Crippen LogP contribution in [0.25, 0.3) is 10.9 Å². The number of benzene rings is 3. The normalized spacial score (nSPS) is 11.8. The van der Waals surface area contributed by atoms with E-state index in [9.17, 15) is 4.79 Å². The Hall–Kier alpha value is -3.73. The van der Waals surface area contributed by atoms with Crippen LogP contribution in [-0.2, 0) is 0 Å². The zero-order valence-electron chi connectivity index (χ0n) is 17.7. The Kier molecular flexibility index (Phi) is 6.22. The van der Waals surface area contributed by atoms with Gasteiger partial charge in [-0.3, -0.25) is 4.79 Å². The highest BCUT2D eigenvalue weighted by molar-refractivity contribution is 5.97. The molecule has 1 heterocycles. The van der Waals surface area contributed by atoms with Crippen molar-refractivity contribution in [2.24, 2.45) is 0 Å². The van der Waals surface area contributed by atoms with Crippen LogP contribution in [0.2, 0.25) is 0 Å². The molecule has 158 valence electrons. The molecule has 0 aliphatic heterocycles. The van der Waals surface area contributed by atoms with E-state index in [-0.39, 0.29) is 11.8 Å². The van der Waals surface area contributed by atoms with Gasteiger partial charge < -0.3 is 19.8 Å². The number of carbonyl (C=O) groups excluding carboxylic acids is 1. The Labute approximate surface area is 182 Å². The summed E-state index contributed by atoms with van der Waals surface area (Å²) in [6, 6.07) is 23.5. The van der Waals surface area contributed by atoms with E-state index in [2.05, 4.69) is 22.4 Å². The van der Waals surface area contributed by atoms with Crippen LogP contribution in [0.15, 0.2) is 79.0 Å². The van der Waals surface area contributed by atoms with Gasteiger partial charge in [0.05, 0.1) is 19.3 Å². The second-order valence-electron chi connectivity index (χ2n) is 7.25. The minimum absolute atomic E-state index is 0.0229. The van der Waals surface area contributed by atoms with Gasteiger partial charge in [-0.1, -0.05) is 42.5 Å². The van der Waals surface area contributed by atoms with Gasteiger partial charge >= 0.3 is 0 Å². The van der Waals surface area contributed by atoms with Crippen LogP contribution in [0.1, 0.15) is 34.3 Å². The summed E-state index contributed by atoms with van der Waals surface area (Å²) in [5.74, 6) is 1.22. The molecule has 0 saturated heterocycles. The van der Waals surface area contributed by atoms with Crippen molar-refractivity contribution in [3.8, 4) is 11.5 Å². The first-order valence-corrected chi connectivity index (χ1v) is 10.4. The highest BCUT2D eigenvalue weighted by Crippen LogP contribution is 2.31. The molecule has 1 amide bonds. The van der Waals surface area contributed by atoms with Crippen molar-refractivity contribution in [3.63, 3.8) is 0 Å². The Morgan fingerprint density at radius 1 is 1.00 bits per heavy atom. The minimum Gasteiger partial charge on any atom is -0.497 e. The number of fused-ring (bicyclic) bond motifs is 1. The van der Waals surface area contributed by atoms with E-state index in [4.69, 9.17) is 9.47 Å². The lowest BCUT2D eigenvalue weighted by molar-refractivity contribution is 0.0948. The lowest BCUT2D eigenvalue weighted by atomic mass is 9.90. The molecule has 31 heavy (non-hydrogen) atoms. The molecule has 0 spiro atoms. The molecule has 4 rings (SSSR count). The van der Waals surface area contributed by atoms with E-state index in [0.29, 0.717) is 24.5 Å². The largest absolute Gasteiger partial charge is 0.497 e. The quantitative estimate of drug-likeness (QED) is 0.420. The van der Waals surface area contributed by atoms with Crippen LogP contribution in [0.3, 0.4) is 0 Å². The lowest BCUT2D eigenvalue weighted by Gasteiger charge is -2.19. The molecule has 5 heteroatoms. The first-order chi connectivity index (χ1) is 15.2. The molecule has 0 fully saturated rings. The summed E-state index contributed by atoms with van der Waals surface area (Å²) in [5, 5.41) is 4.26. The van der Waals surface area contributed by atoms with E-state index >= 15 is 0 Å². The number of rotatable bonds is 8. The number of methoxy groups -OCH3 is 1. The summed E-state index contributed by atoms with van der Waals surface area (Å²) in [5.41, 5.74) is 3.85. The average Bonchev–Trinajstić information content (AvgIpc) is 3.24. The zero-order valence-corrected chi connectivity index (χ0v) is 17.7. The molecule has 0 aliphatic carbocycles. The standard InChI is InChI=1S/C26H26N2O3/c1-3-31-25-11-7-5-9-21(25)26(29)28-16-22(18-12-14-19(30-2)15-13-18)23-17-27-24-10-6-4-8-20(23)24/h4-15,17,22,27H,3,16H2,1-2H3,(H,28,29)/t22-/m1/s1. The van der Waals surface area contributed by atoms with Gasteiger partial charge in [-0.05, 0) is 48.4 Å². The summed E-state index contributed by atoms with van der Waals surface area (Å²) in [4.78, 5) is 16.3. The topological polar surface area (TPSA) is 63.4 Å². The van der Waals surface area contributed by atoms with E-state index in [1.54, 1.807) is 13.2 Å². The second-order valence-corrected chi connectivity index (χ2v) is 7.25. The van der Waals surface area contributed by atoms with Gasteiger partial charge in [0.1, 0.15) is 11.5 Å². The first-order valence-electron chi connectivity index (χ1n) is 10.4. The summed E-state index contributed by atoms with van der Waals surface area (Å²) < 4.78 is 10.9. The summed E-state index contributed by atoms with van der Waals surface area (Å²) in [7, 11) is 1.65. The van der Waals surface area contributed by atoms with Crippen molar-refractivity contribution >= 4 is 16.8 Å². The highest BCUT2D eigenvalue weighted by Gasteiger charge is 2.20. The Bertz CT molecular complexity index is 1160. The van der Waals surface area contributed by atoms with Crippen LogP contribution in [-0.4, -0.2) is 31.2 Å². The number of carbonyl (C=O) groups is 1. The fourth-order valence-corrected chi connectivity index (χ4v) is 3.85. The maximum absolute atomic E-state index is 13.0. The predicted octanol–water partition coefficient (Wildman–Crippen LogP) is 5.14. The van der Waals surface area contributed by atoms with Crippen molar-refractivity contribution in [1.29, 1.82) is 0 Å². The second kappa shape index (κ2) is 9.39.